The third kappa shape index (κ3) is 14.1. The van der Waals surface area contributed by atoms with Crippen molar-refractivity contribution in [1.82, 2.24) is 0 Å². The highest BCUT2D eigenvalue weighted by atomic mass is 79.9. The molecule has 0 fully saturated rings. The predicted molar refractivity (Wildman–Crippen MR) is 96.4 cm³/mol. The molecule has 0 aliphatic carbocycles. The lowest BCUT2D eigenvalue weighted by Crippen LogP contribution is -3.00. The molecule has 1 atom stereocenters. The SMILES string of the molecule is CCCCCCCCCCCCCCC([NH3+])C(C)(C)CC.[Br-]. The molecule has 2 heteroatoms. The first-order valence-electron chi connectivity index (χ1n) is 9.87. The summed E-state index contributed by atoms with van der Waals surface area (Å²) in [4.78, 5) is 0. The first kappa shape index (κ1) is 24.7. The lowest BCUT2D eigenvalue weighted by Gasteiger charge is -2.27. The fourth-order valence-corrected chi connectivity index (χ4v) is 2.91. The summed E-state index contributed by atoms with van der Waals surface area (Å²) in [6, 6.07) is 0.630. The Bertz CT molecular complexity index is 216. The van der Waals surface area contributed by atoms with E-state index >= 15 is 0 Å². The van der Waals surface area contributed by atoms with Gasteiger partial charge in [0.05, 0.1) is 6.04 Å². The van der Waals surface area contributed by atoms with E-state index in [0.29, 0.717) is 11.5 Å². The van der Waals surface area contributed by atoms with Gasteiger partial charge in [0.25, 0.3) is 0 Å². The van der Waals surface area contributed by atoms with Crippen molar-refractivity contribution >= 4 is 0 Å². The molecular weight excluding hydrogens is 334 g/mol. The topological polar surface area (TPSA) is 27.6 Å². The van der Waals surface area contributed by atoms with Crippen LogP contribution in [-0.2, 0) is 0 Å². The number of quaternary nitrogens is 1. The van der Waals surface area contributed by atoms with E-state index in [1.54, 1.807) is 0 Å². The van der Waals surface area contributed by atoms with Crippen LogP contribution in [0.1, 0.15) is 118 Å². The summed E-state index contributed by atoms with van der Waals surface area (Å²) in [5.74, 6) is 0. The molecule has 0 rings (SSSR count). The van der Waals surface area contributed by atoms with Gasteiger partial charge in [-0.2, -0.15) is 0 Å². The van der Waals surface area contributed by atoms with Crippen molar-refractivity contribution in [3.05, 3.63) is 0 Å². The second kappa shape index (κ2) is 16.3. The van der Waals surface area contributed by atoms with Crippen molar-refractivity contribution < 1.29 is 22.7 Å². The molecule has 0 amide bonds. The highest BCUT2D eigenvalue weighted by molar-refractivity contribution is 4.74. The van der Waals surface area contributed by atoms with E-state index in [2.05, 4.69) is 33.4 Å². The van der Waals surface area contributed by atoms with Gasteiger partial charge >= 0.3 is 0 Å². The Hall–Kier alpha value is 0.440. The lowest BCUT2D eigenvalue weighted by atomic mass is 9.80. The molecule has 1 nitrogen and oxygen atoms in total. The van der Waals surface area contributed by atoms with Crippen molar-refractivity contribution in [3.8, 4) is 0 Å². The van der Waals surface area contributed by atoms with E-state index in [0.717, 1.165) is 0 Å². The fraction of sp³-hybridized carbons (Fsp3) is 1.00. The van der Waals surface area contributed by atoms with Gasteiger partial charge in [0, 0.05) is 5.41 Å². The highest BCUT2D eigenvalue weighted by Gasteiger charge is 2.26. The monoisotopic (exact) mass is 377 g/mol. The van der Waals surface area contributed by atoms with Gasteiger partial charge < -0.3 is 22.7 Å². The maximum atomic E-state index is 4.37. The second-order valence-corrected chi connectivity index (χ2v) is 7.72. The molecule has 0 spiro atoms. The zero-order valence-corrected chi connectivity index (χ0v) is 17.6. The third-order valence-electron chi connectivity index (χ3n) is 5.42. The molecule has 0 saturated carbocycles. The smallest absolute Gasteiger partial charge is 0.0894 e. The van der Waals surface area contributed by atoms with E-state index in [1.165, 1.54) is 89.9 Å². The standard InChI is InChI=1S/C20H43N.BrH/c1-5-7-8-9-10-11-12-13-14-15-16-17-18-19(21)20(3,4)6-2;/h19H,5-18,21H2,1-4H3;1H. The number of unbranched alkanes of at least 4 members (excludes halogenated alkanes) is 11. The number of hydrogen-bond acceptors (Lipinski definition) is 0. The Labute approximate surface area is 152 Å². The summed E-state index contributed by atoms with van der Waals surface area (Å²) in [6.45, 7) is 9.32. The van der Waals surface area contributed by atoms with Crippen molar-refractivity contribution in [2.24, 2.45) is 5.41 Å². The Morgan fingerprint density at radius 2 is 1.05 bits per heavy atom. The van der Waals surface area contributed by atoms with Crippen molar-refractivity contribution in [3.63, 3.8) is 0 Å². The number of halogens is 1. The van der Waals surface area contributed by atoms with Gasteiger partial charge in [-0.1, -0.05) is 98.3 Å². The molecule has 0 aliphatic heterocycles. The second-order valence-electron chi connectivity index (χ2n) is 7.72. The van der Waals surface area contributed by atoms with Crippen LogP contribution >= 0.6 is 0 Å². The lowest BCUT2D eigenvalue weighted by molar-refractivity contribution is -0.446. The molecule has 0 aromatic carbocycles. The first-order valence-corrected chi connectivity index (χ1v) is 9.87. The molecule has 0 aliphatic rings. The van der Waals surface area contributed by atoms with Gasteiger partial charge in [0.1, 0.15) is 0 Å². The van der Waals surface area contributed by atoms with Crippen LogP contribution < -0.4 is 22.7 Å². The largest absolute Gasteiger partial charge is 1.00 e. The predicted octanol–water partition coefficient (Wildman–Crippen LogP) is 3.13. The van der Waals surface area contributed by atoms with Crippen LogP contribution in [0.4, 0.5) is 0 Å². The Morgan fingerprint density at radius 1 is 0.682 bits per heavy atom. The van der Waals surface area contributed by atoms with Gasteiger partial charge in [-0.05, 0) is 19.3 Å². The summed E-state index contributed by atoms with van der Waals surface area (Å²) >= 11 is 0. The van der Waals surface area contributed by atoms with E-state index < -0.39 is 0 Å². The Balaban J connectivity index is 0. The van der Waals surface area contributed by atoms with Crippen LogP contribution in [0.5, 0.6) is 0 Å². The minimum Gasteiger partial charge on any atom is -1.00 e. The minimum atomic E-state index is 0. The van der Waals surface area contributed by atoms with Gasteiger partial charge in [-0.25, -0.2) is 0 Å². The zero-order chi connectivity index (χ0) is 16.0. The van der Waals surface area contributed by atoms with Gasteiger partial charge in [-0.15, -0.1) is 0 Å². The van der Waals surface area contributed by atoms with Crippen LogP contribution in [0.2, 0.25) is 0 Å². The summed E-state index contributed by atoms with van der Waals surface area (Å²) in [7, 11) is 0. The molecule has 0 radical (unpaired) electrons. The van der Waals surface area contributed by atoms with Gasteiger partial charge in [-0.3, -0.25) is 0 Å². The molecule has 136 valence electrons. The van der Waals surface area contributed by atoms with Crippen LogP contribution in [0.15, 0.2) is 0 Å². The maximum Gasteiger partial charge on any atom is 0.0894 e. The van der Waals surface area contributed by atoms with Crippen molar-refractivity contribution in [2.75, 3.05) is 0 Å². The van der Waals surface area contributed by atoms with Crippen LogP contribution in [0.3, 0.4) is 0 Å². The minimum absolute atomic E-state index is 0. The molecule has 22 heavy (non-hydrogen) atoms. The number of rotatable bonds is 15. The Morgan fingerprint density at radius 3 is 1.41 bits per heavy atom. The maximum absolute atomic E-state index is 4.37. The molecule has 0 heterocycles. The highest BCUT2D eigenvalue weighted by Crippen LogP contribution is 2.25. The zero-order valence-electron chi connectivity index (χ0n) is 16.1. The van der Waals surface area contributed by atoms with Crippen LogP contribution in [-0.4, -0.2) is 6.04 Å². The van der Waals surface area contributed by atoms with Crippen molar-refractivity contribution in [1.29, 1.82) is 0 Å². The average Bonchev–Trinajstić information content (AvgIpc) is 2.48. The number of hydrogen-bond donors (Lipinski definition) is 1. The van der Waals surface area contributed by atoms with E-state index in [-0.39, 0.29) is 17.0 Å². The van der Waals surface area contributed by atoms with Gasteiger partial charge in [0.2, 0.25) is 0 Å². The Kier molecular flexibility index (Phi) is 18.3. The van der Waals surface area contributed by atoms with Crippen molar-refractivity contribution in [2.45, 2.75) is 124 Å². The summed E-state index contributed by atoms with van der Waals surface area (Å²) in [5.41, 5.74) is 4.80. The van der Waals surface area contributed by atoms with Crippen LogP contribution in [0, 0.1) is 5.41 Å². The van der Waals surface area contributed by atoms with E-state index in [1.807, 2.05) is 0 Å². The molecule has 0 bridgehead atoms. The molecule has 0 aromatic heterocycles. The molecule has 3 N–H and O–H groups in total. The van der Waals surface area contributed by atoms with E-state index in [9.17, 15) is 0 Å². The summed E-state index contributed by atoms with van der Waals surface area (Å²) in [5, 5.41) is 0. The fourth-order valence-electron chi connectivity index (χ4n) is 2.91. The molecule has 0 aromatic rings. The van der Waals surface area contributed by atoms with Gasteiger partial charge in [0.15, 0.2) is 0 Å². The first-order chi connectivity index (χ1) is 10.0. The summed E-state index contributed by atoms with van der Waals surface area (Å²) < 4.78 is 0. The third-order valence-corrected chi connectivity index (χ3v) is 5.42. The van der Waals surface area contributed by atoms with E-state index in [4.69, 9.17) is 0 Å². The van der Waals surface area contributed by atoms with Crippen LogP contribution in [0.25, 0.3) is 0 Å². The average molecular weight is 378 g/mol. The normalized spacial score (nSPS) is 13.0. The molecular formula is C20H44BrN. The molecule has 0 saturated heterocycles. The molecule has 1 unspecified atom stereocenters. The quantitative estimate of drug-likeness (QED) is 0.424. The summed E-state index contributed by atoms with van der Waals surface area (Å²) in [6.07, 6.45) is 19.8.